The average Bonchev–Trinajstić information content (AvgIpc) is 2.46. The second kappa shape index (κ2) is 5.18. The van der Waals surface area contributed by atoms with Gasteiger partial charge in [0.2, 0.25) is 0 Å². The molecule has 0 fully saturated rings. The number of aryl methyl sites for hydroxylation is 2. The molecule has 0 aromatic heterocycles. The summed E-state index contributed by atoms with van der Waals surface area (Å²) in [6, 6.07) is 17.5. The van der Waals surface area contributed by atoms with Gasteiger partial charge in [0, 0.05) is 12.0 Å². The molecule has 1 heteroatoms. The first-order valence-corrected chi connectivity index (χ1v) is 7.15. The van der Waals surface area contributed by atoms with Crippen molar-refractivity contribution in [3.63, 3.8) is 0 Å². The van der Waals surface area contributed by atoms with Crippen LogP contribution in [-0.4, -0.2) is 0 Å². The number of hydrogen-bond acceptors (Lipinski definition) is 1. The zero-order valence-corrected chi connectivity index (χ0v) is 11.5. The summed E-state index contributed by atoms with van der Waals surface area (Å²) in [5.74, 6) is 0.465. The second-order valence-electron chi connectivity index (χ2n) is 5.64. The molecule has 0 aliphatic heterocycles. The van der Waals surface area contributed by atoms with Crippen LogP contribution in [0.15, 0.2) is 48.5 Å². The summed E-state index contributed by atoms with van der Waals surface area (Å²) >= 11 is 0. The predicted molar refractivity (Wildman–Crippen MR) is 80.2 cm³/mol. The molecule has 1 aliphatic carbocycles. The first kappa shape index (κ1) is 12.4. The summed E-state index contributed by atoms with van der Waals surface area (Å²) in [5.41, 5.74) is 12.1. The highest BCUT2D eigenvalue weighted by Crippen LogP contribution is 2.39. The Hall–Kier alpha value is -1.60. The van der Waals surface area contributed by atoms with Gasteiger partial charge < -0.3 is 5.73 Å². The highest BCUT2D eigenvalue weighted by Gasteiger charge is 2.26. The highest BCUT2D eigenvalue weighted by molar-refractivity contribution is 5.36. The van der Waals surface area contributed by atoms with E-state index in [4.69, 9.17) is 5.73 Å². The zero-order valence-electron chi connectivity index (χ0n) is 11.5. The molecule has 0 amide bonds. The summed E-state index contributed by atoms with van der Waals surface area (Å²) in [7, 11) is 0. The van der Waals surface area contributed by atoms with Crippen molar-refractivity contribution in [2.24, 2.45) is 5.73 Å². The summed E-state index contributed by atoms with van der Waals surface area (Å²) in [4.78, 5) is 0. The van der Waals surface area contributed by atoms with E-state index in [0.717, 1.165) is 0 Å². The molecule has 2 unspecified atom stereocenters. The molecule has 2 aromatic carbocycles. The molecule has 3 rings (SSSR count). The molecule has 0 spiro atoms. The molecule has 0 radical (unpaired) electrons. The van der Waals surface area contributed by atoms with E-state index in [1.807, 2.05) is 0 Å². The molecule has 1 aliphatic rings. The first-order valence-electron chi connectivity index (χ1n) is 7.15. The molecule has 98 valence electrons. The molecule has 0 heterocycles. The van der Waals surface area contributed by atoms with Gasteiger partial charge in [0.25, 0.3) is 0 Å². The van der Waals surface area contributed by atoms with E-state index < -0.39 is 0 Å². The fraction of sp³-hybridized carbons (Fsp3) is 0.333. The van der Waals surface area contributed by atoms with Crippen LogP contribution >= 0.6 is 0 Å². The van der Waals surface area contributed by atoms with Crippen molar-refractivity contribution in [3.8, 4) is 0 Å². The van der Waals surface area contributed by atoms with Crippen molar-refractivity contribution in [1.82, 2.24) is 0 Å². The van der Waals surface area contributed by atoms with Gasteiger partial charge in [-0.05, 0) is 42.9 Å². The Morgan fingerprint density at radius 3 is 2.79 bits per heavy atom. The normalized spacial score (nSPS) is 19.8. The van der Waals surface area contributed by atoms with Crippen LogP contribution in [0.2, 0.25) is 0 Å². The maximum absolute atomic E-state index is 6.55. The van der Waals surface area contributed by atoms with Gasteiger partial charge in [0.1, 0.15) is 0 Å². The number of benzene rings is 2. The SMILES string of the molecule is Cc1cccc(C(N)C2CCCc3ccccc32)c1. The molecule has 19 heavy (non-hydrogen) atoms. The highest BCUT2D eigenvalue weighted by atomic mass is 14.7. The van der Waals surface area contributed by atoms with Gasteiger partial charge in [-0.1, -0.05) is 54.1 Å². The standard InChI is InChI=1S/C18H21N/c1-13-6-4-9-15(12-13)18(19)17-11-5-8-14-7-2-3-10-16(14)17/h2-4,6-7,9-10,12,17-18H,5,8,11,19H2,1H3. The van der Waals surface area contributed by atoms with E-state index in [1.165, 1.54) is 41.5 Å². The largest absolute Gasteiger partial charge is 0.323 e. The monoisotopic (exact) mass is 251 g/mol. The van der Waals surface area contributed by atoms with Gasteiger partial charge in [0.05, 0.1) is 0 Å². The summed E-state index contributed by atoms with van der Waals surface area (Å²) in [5, 5.41) is 0. The molecular formula is C18H21N. The molecule has 1 nitrogen and oxygen atoms in total. The fourth-order valence-corrected chi connectivity index (χ4v) is 3.27. The quantitative estimate of drug-likeness (QED) is 0.854. The lowest BCUT2D eigenvalue weighted by molar-refractivity contribution is 0.474. The summed E-state index contributed by atoms with van der Waals surface area (Å²) < 4.78 is 0. The minimum Gasteiger partial charge on any atom is -0.323 e. The van der Waals surface area contributed by atoms with Crippen molar-refractivity contribution in [2.75, 3.05) is 0 Å². The summed E-state index contributed by atoms with van der Waals surface area (Å²) in [6.45, 7) is 2.13. The predicted octanol–water partition coefficient (Wildman–Crippen LogP) is 4.11. The van der Waals surface area contributed by atoms with Crippen molar-refractivity contribution in [1.29, 1.82) is 0 Å². The fourth-order valence-electron chi connectivity index (χ4n) is 3.27. The minimum absolute atomic E-state index is 0.112. The maximum atomic E-state index is 6.55. The zero-order chi connectivity index (χ0) is 13.2. The Morgan fingerprint density at radius 1 is 1.11 bits per heavy atom. The molecule has 2 N–H and O–H groups in total. The van der Waals surface area contributed by atoms with Crippen LogP contribution in [0.3, 0.4) is 0 Å². The number of fused-ring (bicyclic) bond motifs is 1. The van der Waals surface area contributed by atoms with Crippen LogP contribution in [0.5, 0.6) is 0 Å². The Balaban J connectivity index is 1.95. The van der Waals surface area contributed by atoms with Crippen LogP contribution in [0, 0.1) is 6.92 Å². The average molecular weight is 251 g/mol. The van der Waals surface area contributed by atoms with Crippen LogP contribution in [0.1, 0.15) is 47.1 Å². The van der Waals surface area contributed by atoms with E-state index >= 15 is 0 Å². The maximum Gasteiger partial charge on any atom is 0.0364 e. The van der Waals surface area contributed by atoms with Crippen molar-refractivity contribution < 1.29 is 0 Å². The third-order valence-corrected chi connectivity index (χ3v) is 4.28. The van der Waals surface area contributed by atoms with Gasteiger partial charge in [-0.3, -0.25) is 0 Å². The number of hydrogen-bond donors (Lipinski definition) is 1. The second-order valence-corrected chi connectivity index (χ2v) is 5.64. The third-order valence-electron chi connectivity index (χ3n) is 4.28. The minimum atomic E-state index is 0.112. The van der Waals surface area contributed by atoms with Gasteiger partial charge in [-0.2, -0.15) is 0 Å². The Labute approximate surface area is 115 Å². The van der Waals surface area contributed by atoms with Crippen LogP contribution < -0.4 is 5.73 Å². The van der Waals surface area contributed by atoms with Gasteiger partial charge in [0.15, 0.2) is 0 Å². The Bertz CT molecular complexity index is 573. The smallest absolute Gasteiger partial charge is 0.0364 e. The van der Waals surface area contributed by atoms with E-state index in [-0.39, 0.29) is 6.04 Å². The summed E-state index contributed by atoms with van der Waals surface area (Å²) in [6.07, 6.45) is 3.65. The third kappa shape index (κ3) is 2.43. The molecule has 0 saturated carbocycles. The van der Waals surface area contributed by atoms with Crippen molar-refractivity contribution in [2.45, 2.75) is 38.1 Å². The Morgan fingerprint density at radius 2 is 1.95 bits per heavy atom. The van der Waals surface area contributed by atoms with Gasteiger partial charge in [-0.15, -0.1) is 0 Å². The van der Waals surface area contributed by atoms with Crippen LogP contribution in [0.25, 0.3) is 0 Å². The topological polar surface area (TPSA) is 26.0 Å². The lowest BCUT2D eigenvalue weighted by Crippen LogP contribution is -2.23. The van der Waals surface area contributed by atoms with E-state index in [9.17, 15) is 0 Å². The van der Waals surface area contributed by atoms with Gasteiger partial charge in [-0.25, -0.2) is 0 Å². The van der Waals surface area contributed by atoms with Crippen LogP contribution in [0.4, 0.5) is 0 Å². The van der Waals surface area contributed by atoms with E-state index in [0.29, 0.717) is 5.92 Å². The molecular weight excluding hydrogens is 230 g/mol. The van der Waals surface area contributed by atoms with Gasteiger partial charge >= 0.3 is 0 Å². The van der Waals surface area contributed by atoms with E-state index in [2.05, 4.69) is 55.5 Å². The number of nitrogens with two attached hydrogens (primary N) is 1. The first-order chi connectivity index (χ1) is 9.25. The lowest BCUT2D eigenvalue weighted by atomic mass is 9.77. The number of rotatable bonds is 2. The van der Waals surface area contributed by atoms with Crippen molar-refractivity contribution in [3.05, 3.63) is 70.8 Å². The molecule has 0 saturated heterocycles. The van der Waals surface area contributed by atoms with Crippen LogP contribution in [-0.2, 0) is 6.42 Å². The molecule has 2 aromatic rings. The molecule has 2 atom stereocenters. The van der Waals surface area contributed by atoms with Crippen molar-refractivity contribution >= 4 is 0 Å². The molecule has 0 bridgehead atoms. The lowest BCUT2D eigenvalue weighted by Gasteiger charge is -2.30. The van der Waals surface area contributed by atoms with E-state index in [1.54, 1.807) is 0 Å². The Kier molecular flexibility index (Phi) is 3.39.